The van der Waals surface area contributed by atoms with Crippen LogP contribution in [0.25, 0.3) is 22.4 Å². The molecule has 0 saturated carbocycles. The number of nitrogens with zero attached hydrogens (tertiary/aromatic N) is 2. The second kappa shape index (κ2) is 7.67. The number of methoxy groups -OCH3 is 2. The topological polar surface area (TPSA) is 65.4 Å². The molecule has 6 nitrogen and oxygen atoms in total. The Morgan fingerprint density at radius 3 is 2.14 bits per heavy atom. The first kappa shape index (κ1) is 18.6. The third kappa shape index (κ3) is 3.65. The molecule has 1 heterocycles. The number of rotatable bonds is 5. The first-order valence-corrected chi connectivity index (χ1v) is 9.15. The summed E-state index contributed by atoms with van der Waals surface area (Å²) < 4.78 is 12.4. The number of ether oxygens (including phenoxy) is 2. The van der Waals surface area contributed by atoms with Crippen LogP contribution in [0, 0.1) is 0 Å². The summed E-state index contributed by atoms with van der Waals surface area (Å²) in [4.78, 5) is 17.3. The van der Waals surface area contributed by atoms with Crippen molar-refractivity contribution in [2.24, 2.45) is 7.05 Å². The number of fused-ring (bicyclic) bond motifs is 1. The smallest absolute Gasteiger partial charge is 0.255 e. The minimum Gasteiger partial charge on any atom is -0.497 e. The van der Waals surface area contributed by atoms with Crippen LogP contribution >= 0.6 is 0 Å². The molecule has 0 atom stereocenters. The summed E-state index contributed by atoms with van der Waals surface area (Å²) in [7, 11) is 5.22. The van der Waals surface area contributed by atoms with Gasteiger partial charge in [-0.3, -0.25) is 4.79 Å². The molecule has 146 valence electrons. The summed E-state index contributed by atoms with van der Waals surface area (Å²) >= 11 is 0. The molecule has 0 aliphatic rings. The molecule has 0 aliphatic heterocycles. The second-order valence-electron chi connectivity index (χ2n) is 6.61. The number of carbonyl (C=O) groups excluding carboxylic acids is 1. The van der Waals surface area contributed by atoms with Crippen molar-refractivity contribution in [1.82, 2.24) is 9.55 Å². The molecule has 3 aromatic carbocycles. The maximum Gasteiger partial charge on any atom is 0.255 e. The first-order chi connectivity index (χ1) is 14.1. The number of aromatic nitrogens is 2. The van der Waals surface area contributed by atoms with Crippen LogP contribution in [0.4, 0.5) is 5.69 Å². The van der Waals surface area contributed by atoms with Crippen molar-refractivity contribution < 1.29 is 14.3 Å². The van der Waals surface area contributed by atoms with Gasteiger partial charge in [-0.05, 0) is 66.7 Å². The number of amides is 1. The highest BCUT2D eigenvalue weighted by Crippen LogP contribution is 2.27. The van der Waals surface area contributed by atoms with E-state index in [0.717, 1.165) is 28.2 Å². The average molecular weight is 387 g/mol. The van der Waals surface area contributed by atoms with E-state index in [2.05, 4.69) is 5.32 Å². The predicted octanol–water partition coefficient (Wildman–Crippen LogP) is 4.51. The summed E-state index contributed by atoms with van der Waals surface area (Å²) in [6.07, 6.45) is 0. The van der Waals surface area contributed by atoms with Crippen molar-refractivity contribution in [2.45, 2.75) is 0 Å². The molecule has 6 heteroatoms. The summed E-state index contributed by atoms with van der Waals surface area (Å²) in [6, 6.07) is 20.5. The van der Waals surface area contributed by atoms with E-state index in [-0.39, 0.29) is 5.91 Å². The van der Waals surface area contributed by atoms with Gasteiger partial charge in [0.25, 0.3) is 5.91 Å². The molecule has 0 aliphatic carbocycles. The van der Waals surface area contributed by atoms with E-state index in [0.29, 0.717) is 17.0 Å². The lowest BCUT2D eigenvalue weighted by molar-refractivity contribution is 0.102. The van der Waals surface area contributed by atoms with Gasteiger partial charge in [-0.2, -0.15) is 0 Å². The van der Waals surface area contributed by atoms with Gasteiger partial charge in [-0.15, -0.1) is 0 Å². The normalized spacial score (nSPS) is 10.7. The molecule has 0 spiro atoms. The quantitative estimate of drug-likeness (QED) is 0.547. The van der Waals surface area contributed by atoms with Gasteiger partial charge >= 0.3 is 0 Å². The van der Waals surface area contributed by atoms with E-state index in [1.54, 1.807) is 38.5 Å². The van der Waals surface area contributed by atoms with Gasteiger partial charge < -0.3 is 19.4 Å². The molecular formula is C23H21N3O3. The maximum absolute atomic E-state index is 12.5. The van der Waals surface area contributed by atoms with E-state index in [4.69, 9.17) is 14.5 Å². The van der Waals surface area contributed by atoms with Crippen LogP contribution in [0.5, 0.6) is 11.5 Å². The van der Waals surface area contributed by atoms with Crippen LogP contribution in [0.15, 0.2) is 66.7 Å². The SMILES string of the molecule is COc1ccc(C(=O)Nc2ccc3c(c2)nc(-c2ccc(OC)cc2)n3C)cc1. The zero-order valence-corrected chi connectivity index (χ0v) is 16.5. The fraction of sp³-hybridized carbons (Fsp3) is 0.130. The Bertz CT molecular complexity index is 1160. The van der Waals surface area contributed by atoms with Gasteiger partial charge in [0.2, 0.25) is 0 Å². The van der Waals surface area contributed by atoms with E-state index < -0.39 is 0 Å². The highest BCUT2D eigenvalue weighted by Gasteiger charge is 2.12. The third-order valence-electron chi connectivity index (χ3n) is 4.84. The molecule has 0 bridgehead atoms. The van der Waals surface area contributed by atoms with Crippen LogP contribution in [0.1, 0.15) is 10.4 Å². The number of imidazole rings is 1. The van der Waals surface area contributed by atoms with Crippen molar-refractivity contribution in [3.63, 3.8) is 0 Å². The largest absolute Gasteiger partial charge is 0.497 e. The zero-order valence-electron chi connectivity index (χ0n) is 16.5. The van der Waals surface area contributed by atoms with Gasteiger partial charge in [0, 0.05) is 23.9 Å². The van der Waals surface area contributed by atoms with E-state index in [9.17, 15) is 4.79 Å². The van der Waals surface area contributed by atoms with Crippen LogP contribution in [0.3, 0.4) is 0 Å². The number of nitrogens with one attached hydrogen (secondary N) is 1. The number of aryl methyl sites for hydroxylation is 1. The van der Waals surface area contributed by atoms with Gasteiger partial charge in [-0.25, -0.2) is 4.98 Å². The van der Waals surface area contributed by atoms with Crippen molar-refractivity contribution in [1.29, 1.82) is 0 Å². The monoisotopic (exact) mass is 387 g/mol. The standard InChI is InChI=1S/C23H21N3O3/c1-26-21-13-8-17(24-23(27)16-6-11-19(29-3)12-7-16)14-20(21)25-22(26)15-4-9-18(28-2)10-5-15/h4-14H,1-3H3,(H,24,27). The molecule has 29 heavy (non-hydrogen) atoms. The number of benzene rings is 3. The second-order valence-corrected chi connectivity index (χ2v) is 6.61. The van der Waals surface area contributed by atoms with Crippen molar-refractivity contribution in [2.75, 3.05) is 19.5 Å². The lowest BCUT2D eigenvalue weighted by Crippen LogP contribution is -2.11. The molecule has 4 aromatic rings. The summed E-state index contributed by atoms with van der Waals surface area (Å²) in [5.74, 6) is 2.18. The number of anilines is 1. The highest BCUT2D eigenvalue weighted by atomic mass is 16.5. The van der Waals surface area contributed by atoms with E-state index in [1.807, 2.05) is 54.1 Å². The van der Waals surface area contributed by atoms with Crippen molar-refractivity contribution in [3.8, 4) is 22.9 Å². The summed E-state index contributed by atoms with van der Waals surface area (Å²) in [5, 5.41) is 2.93. The Kier molecular flexibility index (Phi) is 4.91. The molecular weight excluding hydrogens is 366 g/mol. The fourth-order valence-corrected chi connectivity index (χ4v) is 3.22. The van der Waals surface area contributed by atoms with Crippen LogP contribution in [-0.2, 0) is 7.05 Å². The summed E-state index contributed by atoms with van der Waals surface area (Å²) in [6.45, 7) is 0. The van der Waals surface area contributed by atoms with Gasteiger partial charge in [0.1, 0.15) is 17.3 Å². The molecule has 1 amide bonds. The lowest BCUT2D eigenvalue weighted by Gasteiger charge is -2.06. The molecule has 1 N–H and O–H groups in total. The summed E-state index contributed by atoms with van der Waals surface area (Å²) in [5.41, 5.74) is 4.04. The average Bonchev–Trinajstić information content (AvgIpc) is 3.09. The highest BCUT2D eigenvalue weighted by molar-refractivity contribution is 6.05. The van der Waals surface area contributed by atoms with Crippen molar-refractivity contribution in [3.05, 3.63) is 72.3 Å². The molecule has 4 rings (SSSR count). The van der Waals surface area contributed by atoms with Gasteiger partial charge in [0.15, 0.2) is 0 Å². The molecule has 0 saturated heterocycles. The van der Waals surface area contributed by atoms with Crippen LogP contribution in [0.2, 0.25) is 0 Å². The van der Waals surface area contributed by atoms with E-state index in [1.165, 1.54) is 0 Å². The Hall–Kier alpha value is -3.80. The Morgan fingerprint density at radius 1 is 0.897 bits per heavy atom. The number of hydrogen-bond acceptors (Lipinski definition) is 4. The Balaban J connectivity index is 1.61. The Morgan fingerprint density at radius 2 is 1.52 bits per heavy atom. The van der Waals surface area contributed by atoms with Crippen LogP contribution in [-0.4, -0.2) is 29.7 Å². The molecule has 0 fully saturated rings. The Labute approximate surface area is 168 Å². The first-order valence-electron chi connectivity index (χ1n) is 9.15. The zero-order chi connectivity index (χ0) is 20.4. The predicted molar refractivity (Wildman–Crippen MR) is 114 cm³/mol. The minimum absolute atomic E-state index is 0.182. The number of hydrogen-bond donors (Lipinski definition) is 1. The maximum atomic E-state index is 12.5. The molecule has 1 aromatic heterocycles. The molecule has 0 unspecified atom stereocenters. The fourth-order valence-electron chi connectivity index (χ4n) is 3.22. The minimum atomic E-state index is -0.182. The molecule has 0 radical (unpaired) electrons. The van der Waals surface area contributed by atoms with Crippen molar-refractivity contribution >= 4 is 22.6 Å². The van der Waals surface area contributed by atoms with Crippen LogP contribution < -0.4 is 14.8 Å². The lowest BCUT2D eigenvalue weighted by atomic mass is 10.2. The van der Waals surface area contributed by atoms with Gasteiger partial charge in [0.05, 0.1) is 25.3 Å². The third-order valence-corrected chi connectivity index (χ3v) is 4.84. The van der Waals surface area contributed by atoms with E-state index >= 15 is 0 Å². The number of carbonyl (C=O) groups is 1. The van der Waals surface area contributed by atoms with Gasteiger partial charge in [-0.1, -0.05) is 0 Å².